The summed E-state index contributed by atoms with van der Waals surface area (Å²) >= 11 is 0. The van der Waals surface area contributed by atoms with E-state index in [1.54, 1.807) is 18.2 Å². The van der Waals surface area contributed by atoms with Gasteiger partial charge in [0, 0.05) is 23.4 Å². The fraction of sp³-hybridized carbons (Fsp3) is 0.528. The number of carbonyl (C=O) groups excluding carboxylic acids is 1. The van der Waals surface area contributed by atoms with E-state index < -0.39 is 23.6 Å². The zero-order chi connectivity index (χ0) is 30.0. The van der Waals surface area contributed by atoms with Crippen LogP contribution in [0.5, 0.6) is 0 Å². The first-order valence-corrected chi connectivity index (χ1v) is 16.1. The summed E-state index contributed by atoms with van der Waals surface area (Å²) in [5.74, 6) is -4.65. The highest BCUT2D eigenvalue weighted by Gasteiger charge is 2.41. The van der Waals surface area contributed by atoms with Gasteiger partial charge in [0.15, 0.2) is 11.7 Å². The lowest BCUT2D eigenvalue weighted by Crippen LogP contribution is -2.38. The van der Waals surface area contributed by atoms with Crippen LogP contribution >= 0.6 is 0 Å². The summed E-state index contributed by atoms with van der Waals surface area (Å²) in [6.07, 6.45) is 21.2. The maximum Gasteiger partial charge on any atom is 0.338 e. The molecule has 0 aliphatic heterocycles. The Morgan fingerprint density at radius 2 is 1.05 bits per heavy atom. The molecule has 0 bridgehead atoms. The standard InChI is InChI=1S/C36H49NO5/c38-34-30-26-20-19-25-29(30)31(35(39)40)33(32(34)36(41)42)37-27-21-14-12-10-8-6-4-2-1-3-5-7-9-11-13-16-22-28-23-17-15-18-24-28/h15,17-20,23-26,32,37H,1-14,16,21-22,27H2,(H,39,40)(H,41,42). The highest BCUT2D eigenvalue weighted by atomic mass is 16.4. The SMILES string of the molecule is O=C(O)C1=C(NCCCCCCCCCCCCCCCCCCc2ccccc2)C(C(=O)O)C(=O)c2ccccc21. The van der Waals surface area contributed by atoms with Gasteiger partial charge in [-0.1, -0.05) is 144 Å². The smallest absolute Gasteiger partial charge is 0.338 e. The number of aryl methyl sites for hydroxylation is 1. The lowest BCUT2D eigenvalue weighted by molar-refractivity contribution is -0.138. The molecule has 0 saturated carbocycles. The fourth-order valence-corrected chi connectivity index (χ4v) is 5.95. The Labute approximate surface area is 251 Å². The molecule has 0 heterocycles. The predicted molar refractivity (Wildman–Crippen MR) is 168 cm³/mol. The molecule has 2 aromatic rings. The molecule has 3 rings (SSSR count). The Balaban J connectivity index is 1.17. The summed E-state index contributed by atoms with van der Waals surface area (Å²) in [5, 5.41) is 22.5. The molecule has 0 aromatic heterocycles. The summed E-state index contributed by atoms with van der Waals surface area (Å²) in [4.78, 5) is 36.7. The summed E-state index contributed by atoms with van der Waals surface area (Å²) in [5.41, 5.74) is 1.76. The predicted octanol–water partition coefficient (Wildman–Crippen LogP) is 8.45. The number of carboxylic acids is 2. The van der Waals surface area contributed by atoms with Gasteiger partial charge in [0.05, 0.1) is 5.57 Å². The van der Waals surface area contributed by atoms with Gasteiger partial charge in [0.1, 0.15) is 0 Å². The largest absolute Gasteiger partial charge is 0.480 e. The molecule has 1 aliphatic carbocycles. The van der Waals surface area contributed by atoms with Gasteiger partial charge in [-0.2, -0.15) is 0 Å². The number of carbonyl (C=O) groups is 3. The highest BCUT2D eigenvalue weighted by molar-refractivity contribution is 6.26. The molecule has 3 N–H and O–H groups in total. The molecular formula is C36H49NO5. The average molecular weight is 576 g/mol. The number of hydrogen-bond acceptors (Lipinski definition) is 4. The van der Waals surface area contributed by atoms with E-state index >= 15 is 0 Å². The van der Waals surface area contributed by atoms with Crippen molar-refractivity contribution in [3.8, 4) is 0 Å². The van der Waals surface area contributed by atoms with Crippen LogP contribution in [-0.2, 0) is 16.0 Å². The molecule has 0 spiro atoms. The number of nitrogens with one attached hydrogen (secondary N) is 1. The van der Waals surface area contributed by atoms with Gasteiger partial charge in [-0.05, 0) is 24.8 Å². The third-order valence-electron chi connectivity index (χ3n) is 8.29. The molecule has 42 heavy (non-hydrogen) atoms. The van der Waals surface area contributed by atoms with Crippen LogP contribution in [0.15, 0.2) is 60.3 Å². The van der Waals surface area contributed by atoms with Crippen molar-refractivity contribution in [3.05, 3.63) is 77.0 Å². The van der Waals surface area contributed by atoms with Crippen LogP contribution in [0.2, 0.25) is 0 Å². The van der Waals surface area contributed by atoms with Gasteiger partial charge in [0.2, 0.25) is 0 Å². The topological polar surface area (TPSA) is 104 Å². The molecule has 1 aliphatic rings. The second-order valence-corrected chi connectivity index (χ2v) is 11.6. The molecule has 1 unspecified atom stereocenters. The summed E-state index contributed by atoms with van der Waals surface area (Å²) in [6, 6.07) is 17.1. The molecular weight excluding hydrogens is 526 g/mol. The Morgan fingerprint density at radius 3 is 1.55 bits per heavy atom. The van der Waals surface area contributed by atoms with Crippen molar-refractivity contribution in [2.45, 2.75) is 109 Å². The zero-order valence-corrected chi connectivity index (χ0v) is 25.1. The Morgan fingerprint density at radius 1 is 0.595 bits per heavy atom. The molecule has 0 radical (unpaired) electrons. The molecule has 2 aromatic carbocycles. The van der Waals surface area contributed by atoms with Crippen molar-refractivity contribution in [2.75, 3.05) is 6.54 Å². The van der Waals surface area contributed by atoms with Gasteiger partial charge < -0.3 is 15.5 Å². The number of rotatable bonds is 22. The summed E-state index contributed by atoms with van der Waals surface area (Å²) < 4.78 is 0. The zero-order valence-electron chi connectivity index (χ0n) is 25.1. The van der Waals surface area contributed by atoms with Gasteiger partial charge >= 0.3 is 11.9 Å². The van der Waals surface area contributed by atoms with Crippen molar-refractivity contribution in [1.82, 2.24) is 5.32 Å². The number of benzene rings is 2. The fourth-order valence-electron chi connectivity index (χ4n) is 5.95. The minimum absolute atomic E-state index is 0.00228. The van der Waals surface area contributed by atoms with Crippen molar-refractivity contribution >= 4 is 23.3 Å². The van der Waals surface area contributed by atoms with E-state index in [9.17, 15) is 24.6 Å². The Kier molecular flexibility index (Phi) is 14.9. The second-order valence-electron chi connectivity index (χ2n) is 11.6. The molecule has 6 nitrogen and oxygen atoms in total. The van der Waals surface area contributed by atoms with E-state index in [1.165, 1.54) is 102 Å². The van der Waals surface area contributed by atoms with Crippen LogP contribution in [0.3, 0.4) is 0 Å². The van der Waals surface area contributed by atoms with Crippen LogP contribution in [0.25, 0.3) is 5.57 Å². The normalized spacial score (nSPS) is 14.6. The van der Waals surface area contributed by atoms with Crippen molar-refractivity contribution in [2.24, 2.45) is 5.92 Å². The van der Waals surface area contributed by atoms with E-state index in [-0.39, 0.29) is 22.4 Å². The maximum absolute atomic E-state index is 12.8. The minimum Gasteiger partial charge on any atom is -0.480 e. The summed E-state index contributed by atoms with van der Waals surface area (Å²) in [7, 11) is 0. The van der Waals surface area contributed by atoms with Crippen LogP contribution in [-0.4, -0.2) is 34.5 Å². The van der Waals surface area contributed by atoms with Gasteiger partial charge in [-0.15, -0.1) is 0 Å². The van der Waals surface area contributed by atoms with Crippen LogP contribution in [0.1, 0.15) is 124 Å². The quantitative estimate of drug-likeness (QED) is 0.0961. The number of aliphatic carboxylic acids is 2. The molecule has 6 heteroatoms. The number of hydrogen-bond donors (Lipinski definition) is 3. The first kappa shape index (κ1) is 33.1. The van der Waals surface area contributed by atoms with E-state index in [0.717, 1.165) is 19.3 Å². The van der Waals surface area contributed by atoms with Crippen LogP contribution < -0.4 is 5.32 Å². The van der Waals surface area contributed by atoms with E-state index in [4.69, 9.17) is 0 Å². The van der Waals surface area contributed by atoms with Crippen LogP contribution in [0, 0.1) is 5.92 Å². The van der Waals surface area contributed by atoms with Gasteiger partial charge in [0.25, 0.3) is 0 Å². The van der Waals surface area contributed by atoms with Crippen molar-refractivity contribution < 1.29 is 24.6 Å². The lowest BCUT2D eigenvalue weighted by Gasteiger charge is -2.26. The lowest BCUT2D eigenvalue weighted by atomic mass is 9.80. The third kappa shape index (κ3) is 10.8. The van der Waals surface area contributed by atoms with Crippen LogP contribution in [0.4, 0.5) is 0 Å². The maximum atomic E-state index is 12.8. The molecule has 0 fully saturated rings. The highest BCUT2D eigenvalue weighted by Crippen LogP contribution is 2.34. The van der Waals surface area contributed by atoms with Crippen molar-refractivity contribution in [3.63, 3.8) is 0 Å². The monoisotopic (exact) mass is 575 g/mol. The van der Waals surface area contributed by atoms with Gasteiger partial charge in [-0.3, -0.25) is 9.59 Å². The number of carboxylic acid groups (broad SMARTS) is 2. The number of Topliss-reactive ketones (excluding diaryl/α,β-unsaturated/α-hetero) is 1. The minimum atomic E-state index is -1.51. The Hall–Kier alpha value is -3.41. The summed E-state index contributed by atoms with van der Waals surface area (Å²) in [6.45, 7) is 0.443. The van der Waals surface area contributed by atoms with Crippen molar-refractivity contribution in [1.29, 1.82) is 0 Å². The van der Waals surface area contributed by atoms with E-state index in [0.29, 0.717) is 6.54 Å². The third-order valence-corrected chi connectivity index (χ3v) is 8.29. The first-order valence-electron chi connectivity index (χ1n) is 16.1. The van der Waals surface area contributed by atoms with Gasteiger partial charge in [-0.25, -0.2) is 4.79 Å². The average Bonchev–Trinajstić information content (AvgIpc) is 2.98. The number of unbranched alkanes of at least 4 members (excludes halogenated alkanes) is 15. The second kappa shape index (κ2) is 18.9. The molecule has 0 amide bonds. The number of fused-ring (bicyclic) bond motifs is 1. The molecule has 0 saturated heterocycles. The van der Waals surface area contributed by atoms with E-state index in [1.807, 2.05) is 0 Å². The number of ketones is 1. The molecule has 1 atom stereocenters. The Bertz CT molecular complexity index is 1160. The molecule has 228 valence electrons. The van der Waals surface area contributed by atoms with E-state index in [2.05, 4.69) is 35.6 Å². The first-order chi connectivity index (χ1) is 20.5.